The highest BCUT2D eigenvalue weighted by Gasteiger charge is 2.54. The van der Waals surface area contributed by atoms with Gasteiger partial charge < -0.3 is 5.32 Å². The van der Waals surface area contributed by atoms with Gasteiger partial charge in [0.25, 0.3) is 5.91 Å². The Bertz CT molecular complexity index is 1360. The fourth-order valence-corrected chi connectivity index (χ4v) is 7.35. The van der Waals surface area contributed by atoms with Gasteiger partial charge >= 0.3 is 0 Å². The third-order valence-corrected chi connectivity index (χ3v) is 9.55. The summed E-state index contributed by atoms with van der Waals surface area (Å²) in [6.07, 6.45) is 5.99. The molecule has 3 fully saturated rings. The maximum atomic E-state index is 15.0. The van der Waals surface area contributed by atoms with Crippen LogP contribution in [-0.4, -0.2) is 22.2 Å². The summed E-state index contributed by atoms with van der Waals surface area (Å²) in [4.78, 5) is 13.6. The Morgan fingerprint density at radius 2 is 2.00 bits per heavy atom. The van der Waals surface area contributed by atoms with Gasteiger partial charge in [-0.3, -0.25) is 4.79 Å². The molecule has 4 aliphatic rings. The smallest absolute Gasteiger partial charge is 0.272 e. The molecule has 4 aliphatic carbocycles. The molecule has 3 saturated carbocycles. The minimum Gasteiger partial charge on any atom is -0.350 e. The zero-order valence-electron chi connectivity index (χ0n) is 20.6. The second kappa shape index (κ2) is 8.79. The lowest BCUT2D eigenvalue weighted by molar-refractivity contribution is -0.103. The van der Waals surface area contributed by atoms with Crippen LogP contribution in [0.4, 0.5) is 8.78 Å². The van der Waals surface area contributed by atoms with Gasteiger partial charge in [0.2, 0.25) is 0 Å². The van der Waals surface area contributed by atoms with Crippen LogP contribution in [0.15, 0.2) is 40.9 Å². The van der Waals surface area contributed by atoms with E-state index in [0.717, 1.165) is 52.4 Å². The van der Waals surface area contributed by atoms with Crippen LogP contribution < -0.4 is 5.32 Å². The van der Waals surface area contributed by atoms with Gasteiger partial charge in [-0.25, -0.2) is 13.5 Å². The molecule has 188 valence electrons. The van der Waals surface area contributed by atoms with Crippen molar-refractivity contribution in [3.05, 3.63) is 69.3 Å². The van der Waals surface area contributed by atoms with Crippen LogP contribution in [0.25, 0.3) is 16.9 Å². The number of carbonyl (C=O) groups is 1. The van der Waals surface area contributed by atoms with Crippen molar-refractivity contribution in [2.75, 3.05) is 6.54 Å². The predicted octanol–water partition coefficient (Wildman–Crippen LogP) is 6.87. The lowest BCUT2D eigenvalue weighted by atomic mass is 9.45. The standard InChI is InChI=1S/C29H30BrF2N3O/c1-29(2)18-7-6-17(23(29)13-18)15-33-28(36)26-22-5-3-4-16-12-19(30)8-10-21(16)27(22)35(34-26)25-11-9-20(31)14-24(25)32/h8-12,14,17-18,23H,3-7,13,15H2,1-2H3,(H,33,36). The molecule has 0 radical (unpaired) electrons. The molecular weight excluding hydrogens is 524 g/mol. The van der Waals surface area contributed by atoms with Crippen molar-refractivity contribution < 1.29 is 13.6 Å². The van der Waals surface area contributed by atoms with Crippen LogP contribution in [0.1, 0.15) is 61.1 Å². The number of carbonyl (C=O) groups excluding carboxylic acids is 1. The Morgan fingerprint density at radius 1 is 1.17 bits per heavy atom. The van der Waals surface area contributed by atoms with Crippen LogP contribution in [0, 0.1) is 34.8 Å². The van der Waals surface area contributed by atoms with E-state index in [2.05, 4.69) is 46.3 Å². The number of hydrogen-bond donors (Lipinski definition) is 1. The van der Waals surface area contributed by atoms with Crippen LogP contribution in [0.3, 0.4) is 0 Å². The quantitative estimate of drug-likeness (QED) is 0.383. The second-order valence-electron chi connectivity index (χ2n) is 11.2. The van der Waals surface area contributed by atoms with Gasteiger partial charge in [0.05, 0.1) is 5.69 Å². The van der Waals surface area contributed by atoms with Crippen molar-refractivity contribution in [1.29, 1.82) is 0 Å². The van der Waals surface area contributed by atoms with E-state index < -0.39 is 11.6 Å². The second-order valence-corrected chi connectivity index (χ2v) is 12.2. The Kier molecular flexibility index (Phi) is 5.82. The summed E-state index contributed by atoms with van der Waals surface area (Å²) in [5.74, 6) is 0.357. The van der Waals surface area contributed by atoms with Crippen molar-refractivity contribution >= 4 is 21.8 Å². The predicted molar refractivity (Wildman–Crippen MR) is 139 cm³/mol. The lowest BCUT2D eigenvalue weighted by Gasteiger charge is -2.60. The molecule has 7 heteroatoms. The first kappa shape index (κ1) is 23.8. The number of halogens is 3. The number of nitrogens with zero attached hydrogens (tertiary/aromatic N) is 2. The van der Waals surface area contributed by atoms with E-state index in [9.17, 15) is 13.6 Å². The number of aromatic nitrogens is 2. The van der Waals surface area contributed by atoms with Crippen molar-refractivity contribution in [3.8, 4) is 16.9 Å². The molecule has 3 aromatic rings. The van der Waals surface area contributed by atoms with Crippen LogP contribution >= 0.6 is 15.9 Å². The largest absolute Gasteiger partial charge is 0.350 e. The molecule has 1 aromatic heterocycles. The summed E-state index contributed by atoms with van der Waals surface area (Å²) in [5.41, 5.74) is 4.40. The molecule has 0 spiro atoms. The van der Waals surface area contributed by atoms with E-state index in [1.54, 1.807) is 0 Å². The molecule has 1 N–H and O–H groups in total. The van der Waals surface area contributed by atoms with Gasteiger partial charge in [0, 0.05) is 28.2 Å². The first-order chi connectivity index (χ1) is 17.2. The Balaban J connectivity index is 1.39. The molecule has 2 aromatic carbocycles. The SMILES string of the molecule is CC1(C)C2CCC(CNC(=O)c3nn(-c4ccc(F)cc4F)c4c3CCCc3cc(Br)ccc3-4)C1C2. The first-order valence-electron chi connectivity index (χ1n) is 12.9. The molecule has 0 aliphatic heterocycles. The first-order valence-corrected chi connectivity index (χ1v) is 13.7. The van der Waals surface area contributed by atoms with Crippen molar-refractivity contribution in [3.63, 3.8) is 0 Å². The van der Waals surface area contributed by atoms with E-state index in [4.69, 9.17) is 0 Å². The van der Waals surface area contributed by atoms with E-state index >= 15 is 0 Å². The van der Waals surface area contributed by atoms with Gasteiger partial charge in [0.1, 0.15) is 11.5 Å². The Hall–Kier alpha value is -2.54. The summed E-state index contributed by atoms with van der Waals surface area (Å²) in [6.45, 7) is 5.35. The minimum absolute atomic E-state index is 0.136. The summed E-state index contributed by atoms with van der Waals surface area (Å²) in [5, 5.41) is 7.84. The number of amides is 1. The average molecular weight is 554 g/mol. The fraction of sp³-hybridized carbons (Fsp3) is 0.448. The van der Waals surface area contributed by atoms with Gasteiger partial charge in [-0.1, -0.05) is 35.8 Å². The molecule has 0 saturated heterocycles. The van der Waals surface area contributed by atoms with E-state index in [0.29, 0.717) is 41.6 Å². The van der Waals surface area contributed by atoms with E-state index in [-0.39, 0.29) is 11.6 Å². The fourth-order valence-electron chi connectivity index (χ4n) is 6.94. The highest BCUT2D eigenvalue weighted by molar-refractivity contribution is 9.10. The van der Waals surface area contributed by atoms with Gasteiger partial charge in [0.15, 0.2) is 11.5 Å². The summed E-state index contributed by atoms with van der Waals surface area (Å²) < 4.78 is 31.1. The van der Waals surface area contributed by atoms with Gasteiger partial charge in [-0.05, 0) is 91.5 Å². The molecule has 1 amide bonds. The Labute approximate surface area is 218 Å². The van der Waals surface area contributed by atoms with Gasteiger partial charge in [-0.2, -0.15) is 5.10 Å². The normalized spacial score (nSPS) is 23.8. The maximum absolute atomic E-state index is 15.0. The molecular formula is C29H30BrF2N3O. The number of hydrogen-bond acceptors (Lipinski definition) is 2. The molecule has 1 heterocycles. The van der Waals surface area contributed by atoms with E-state index in [1.165, 1.54) is 29.7 Å². The number of benzene rings is 2. The molecule has 3 unspecified atom stereocenters. The maximum Gasteiger partial charge on any atom is 0.272 e. The van der Waals surface area contributed by atoms with Crippen LogP contribution in [0.5, 0.6) is 0 Å². The highest BCUT2D eigenvalue weighted by Crippen LogP contribution is 2.61. The van der Waals surface area contributed by atoms with Gasteiger partial charge in [-0.15, -0.1) is 0 Å². The average Bonchev–Trinajstić information content (AvgIpc) is 3.11. The zero-order chi connectivity index (χ0) is 25.2. The topological polar surface area (TPSA) is 46.9 Å². The monoisotopic (exact) mass is 553 g/mol. The number of nitrogens with one attached hydrogen (secondary N) is 1. The molecule has 7 rings (SSSR count). The number of rotatable bonds is 4. The summed E-state index contributed by atoms with van der Waals surface area (Å²) in [7, 11) is 0. The Morgan fingerprint density at radius 3 is 2.75 bits per heavy atom. The molecule has 36 heavy (non-hydrogen) atoms. The summed E-state index contributed by atoms with van der Waals surface area (Å²) in [6, 6.07) is 9.48. The molecule has 3 atom stereocenters. The highest BCUT2D eigenvalue weighted by atomic mass is 79.9. The summed E-state index contributed by atoms with van der Waals surface area (Å²) >= 11 is 3.55. The van der Waals surface area contributed by atoms with E-state index in [1.807, 2.05) is 12.1 Å². The van der Waals surface area contributed by atoms with Crippen LogP contribution in [0.2, 0.25) is 0 Å². The molecule has 2 bridgehead atoms. The third kappa shape index (κ3) is 3.82. The third-order valence-electron chi connectivity index (χ3n) is 9.06. The number of aryl methyl sites for hydroxylation is 1. The minimum atomic E-state index is -0.709. The zero-order valence-corrected chi connectivity index (χ0v) is 22.2. The van der Waals surface area contributed by atoms with Crippen molar-refractivity contribution in [2.45, 2.75) is 52.4 Å². The lowest BCUT2D eigenvalue weighted by Crippen LogP contribution is -2.54. The van der Waals surface area contributed by atoms with Crippen molar-refractivity contribution in [2.24, 2.45) is 23.2 Å². The van der Waals surface area contributed by atoms with Crippen LogP contribution in [-0.2, 0) is 12.8 Å². The van der Waals surface area contributed by atoms with Crippen molar-refractivity contribution in [1.82, 2.24) is 15.1 Å². The molecule has 4 nitrogen and oxygen atoms in total. The number of fused-ring (bicyclic) bond motifs is 5.